The number of aliphatic carboxylic acids is 1. The lowest BCUT2D eigenvalue weighted by Crippen LogP contribution is -2.30. The number of nitrogens with zero attached hydrogens (tertiary/aromatic N) is 1. The standard InChI is InChI=1S/C15H16FNO4/c1-17(8-10-5-6-21-9-10)14(15(18)19)12-7-11(16)3-4-13(12)20-2/h3-7,9,14H,8H2,1-2H3,(H,18,19)/t14-/m1/s1. The van der Waals surface area contributed by atoms with Crippen molar-refractivity contribution in [3.8, 4) is 5.75 Å². The van der Waals surface area contributed by atoms with Crippen molar-refractivity contribution in [2.45, 2.75) is 12.6 Å². The highest BCUT2D eigenvalue weighted by atomic mass is 19.1. The Labute approximate surface area is 121 Å². The molecule has 0 saturated carbocycles. The van der Waals surface area contributed by atoms with Crippen molar-refractivity contribution in [2.75, 3.05) is 14.2 Å². The van der Waals surface area contributed by atoms with Gasteiger partial charge in [-0.25, -0.2) is 4.39 Å². The van der Waals surface area contributed by atoms with Crippen LogP contribution in [0.15, 0.2) is 41.2 Å². The molecule has 0 amide bonds. The van der Waals surface area contributed by atoms with Gasteiger partial charge in [0, 0.05) is 17.7 Å². The molecule has 0 radical (unpaired) electrons. The molecule has 1 atom stereocenters. The third kappa shape index (κ3) is 3.41. The molecule has 2 aromatic rings. The van der Waals surface area contributed by atoms with Crippen LogP contribution in [0, 0.1) is 5.82 Å². The molecule has 0 bridgehead atoms. The van der Waals surface area contributed by atoms with Gasteiger partial charge in [0.15, 0.2) is 0 Å². The lowest BCUT2D eigenvalue weighted by molar-refractivity contribution is -0.143. The maximum atomic E-state index is 13.5. The first kappa shape index (κ1) is 15.1. The maximum absolute atomic E-state index is 13.5. The highest BCUT2D eigenvalue weighted by molar-refractivity contribution is 5.76. The molecule has 2 rings (SSSR count). The molecule has 1 heterocycles. The number of benzene rings is 1. The first-order chi connectivity index (χ1) is 10.0. The number of carboxylic acids is 1. The van der Waals surface area contributed by atoms with Crippen LogP contribution in [-0.4, -0.2) is 30.1 Å². The fraction of sp³-hybridized carbons (Fsp3) is 0.267. The minimum Gasteiger partial charge on any atom is -0.496 e. The molecule has 1 aromatic carbocycles. The molecule has 1 N–H and O–H groups in total. The molecule has 0 saturated heterocycles. The zero-order chi connectivity index (χ0) is 15.4. The van der Waals surface area contributed by atoms with Crippen molar-refractivity contribution in [1.29, 1.82) is 0 Å². The van der Waals surface area contributed by atoms with Crippen molar-refractivity contribution in [2.24, 2.45) is 0 Å². The molecule has 5 nitrogen and oxygen atoms in total. The Hall–Kier alpha value is -2.34. The first-order valence-electron chi connectivity index (χ1n) is 6.30. The number of furan rings is 1. The average molecular weight is 293 g/mol. The summed E-state index contributed by atoms with van der Waals surface area (Å²) in [7, 11) is 3.07. The van der Waals surface area contributed by atoms with E-state index in [2.05, 4.69) is 0 Å². The number of methoxy groups -OCH3 is 1. The topological polar surface area (TPSA) is 62.9 Å². The van der Waals surface area contributed by atoms with Crippen molar-refractivity contribution in [3.05, 3.63) is 53.7 Å². The van der Waals surface area contributed by atoms with Gasteiger partial charge in [-0.05, 0) is 31.3 Å². The van der Waals surface area contributed by atoms with Gasteiger partial charge in [-0.1, -0.05) is 0 Å². The summed E-state index contributed by atoms with van der Waals surface area (Å²) in [6, 6.07) is 4.57. The normalized spacial score (nSPS) is 12.4. The Morgan fingerprint density at radius 1 is 1.48 bits per heavy atom. The van der Waals surface area contributed by atoms with Crippen LogP contribution >= 0.6 is 0 Å². The van der Waals surface area contributed by atoms with E-state index >= 15 is 0 Å². The fourth-order valence-electron chi connectivity index (χ4n) is 2.24. The van der Waals surface area contributed by atoms with Gasteiger partial charge in [0.05, 0.1) is 19.6 Å². The minimum atomic E-state index is -1.08. The predicted molar refractivity (Wildman–Crippen MR) is 73.5 cm³/mol. The smallest absolute Gasteiger partial charge is 0.325 e. The minimum absolute atomic E-state index is 0.274. The van der Waals surface area contributed by atoms with Crippen LogP contribution < -0.4 is 4.74 Å². The third-order valence-electron chi connectivity index (χ3n) is 3.17. The van der Waals surface area contributed by atoms with Crippen LogP contribution in [0.25, 0.3) is 0 Å². The van der Waals surface area contributed by atoms with Gasteiger partial charge in [-0.3, -0.25) is 9.69 Å². The Bertz CT molecular complexity index is 612. The third-order valence-corrected chi connectivity index (χ3v) is 3.17. The van der Waals surface area contributed by atoms with E-state index in [0.29, 0.717) is 12.3 Å². The molecule has 21 heavy (non-hydrogen) atoms. The Kier molecular flexibility index (Phi) is 4.59. The molecule has 1 aromatic heterocycles. The van der Waals surface area contributed by atoms with Crippen LogP contribution in [0.1, 0.15) is 17.2 Å². The SMILES string of the molecule is COc1ccc(F)cc1[C@H](C(=O)O)N(C)Cc1ccoc1. The molecule has 6 heteroatoms. The van der Waals surface area contributed by atoms with E-state index < -0.39 is 17.8 Å². The summed E-state index contributed by atoms with van der Waals surface area (Å²) in [4.78, 5) is 13.2. The quantitative estimate of drug-likeness (QED) is 0.887. The van der Waals surface area contributed by atoms with E-state index in [1.165, 1.54) is 37.8 Å². The van der Waals surface area contributed by atoms with Gasteiger partial charge in [0.1, 0.15) is 17.6 Å². The van der Waals surface area contributed by atoms with Crippen LogP contribution in [-0.2, 0) is 11.3 Å². The summed E-state index contributed by atoms with van der Waals surface area (Å²) >= 11 is 0. The van der Waals surface area contributed by atoms with E-state index in [4.69, 9.17) is 9.15 Å². The van der Waals surface area contributed by atoms with Crippen LogP contribution in [0.3, 0.4) is 0 Å². The van der Waals surface area contributed by atoms with Gasteiger partial charge in [-0.2, -0.15) is 0 Å². The lowest BCUT2D eigenvalue weighted by atomic mass is 10.0. The first-order valence-corrected chi connectivity index (χ1v) is 6.30. The highest BCUT2D eigenvalue weighted by Gasteiger charge is 2.28. The second-order valence-corrected chi connectivity index (χ2v) is 4.67. The Morgan fingerprint density at radius 3 is 2.81 bits per heavy atom. The molecule has 0 unspecified atom stereocenters. The molecule has 0 aliphatic rings. The summed E-state index contributed by atoms with van der Waals surface area (Å²) in [6.45, 7) is 0.354. The zero-order valence-corrected chi connectivity index (χ0v) is 11.7. The van der Waals surface area contributed by atoms with Crippen molar-refractivity contribution in [3.63, 3.8) is 0 Å². The van der Waals surface area contributed by atoms with Gasteiger partial charge in [-0.15, -0.1) is 0 Å². The predicted octanol–water partition coefficient (Wildman–Crippen LogP) is 2.69. The second-order valence-electron chi connectivity index (χ2n) is 4.67. The second kappa shape index (κ2) is 6.41. The number of hydrogen-bond acceptors (Lipinski definition) is 4. The van der Waals surface area contributed by atoms with E-state index in [0.717, 1.165) is 5.56 Å². The fourth-order valence-corrected chi connectivity index (χ4v) is 2.24. The van der Waals surface area contributed by atoms with E-state index in [-0.39, 0.29) is 5.56 Å². The summed E-state index contributed by atoms with van der Waals surface area (Å²) in [5, 5.41) is 9.49. The Morgan fingerprint density at radius 2 is 2.24 bits per heavy atom. The molecule has 112 valence electrons. The summed E-state index contributed by atoms with van der Waals surface area (Å²) < 4.78 is 23.6. The zero-order valence-electron chi connectivity index (χ0n) is 11.7. The molecule has 0 aliphatic heterocycles. The number of ether oxygens (including phenoxy) is 1. The number of carboxylic acid groups (broad SMARTS) is 1. The summed E-state index contributed by atoms with van der Waals surface area (Å²) in [5.74, 6) is -1.25. The van der Waals surface area contributed by atoms with Gasteiger partial charge < -0.3 is 14.3 Å². The number of carbonyl (C=O) groups is 1. The van der Waals surface area contributed by atoms with Crippen molar-refractivity contribution >= 4 is 5.97 Å². The molecular weight excluding hydrogens is 277 g/mol. The summed E-state index contributed by atoms with van der Waals surface area (Å²) in [6.07, 6.45) is 3.06. The average Bonchev–Trinajstić information content (AvgIpc) is 2.91. The van der Waals surface area contributed by atoms with Crippen LogP contribution in [0.4, 0.5) is 4.39 Å². The number of likely N-dealkylation sites (N-methyl/N-ethyl adjacent to an activating group) is 1. The van der Waals surface area contributed by atoms with Crippen molar-refractivity contribution in [1.82, 2.24) is 4.90 Å². The van der Waals surface area contributed by atoms with E-state index in [1.54, 1.807) is 18.0 Å². The van der Waals surface area contributed by atoms with Crippen LogP contribution in [0.2, 0.25) is 0 Å². The molecule has 0 fully saturated rings. The molecule has 0 aliphatic carbocycles. The summed E-state index contributed by atoms with van der Waals surface area (Å²) in [5.41, 5.74) is 1.11. The van der Waals surface area contributed by atoms with E-state index in [1.807, 2.05) is 0 Å². The van der Waals surface area contributed by atoms with Crippen molar-refractivity contribution < 1.29 is 23.4 Å². The maximum Gasteiger partial charge on any atom is 0.325 e. The molecular formula is C15H16FNO4. The largest absolute Gasteiger partial charge is 0.496 e. The number of hydrogen-bond donors (Lipinski definition) is 1. The Balaban J connectivity index is 2.34. The van der Waals surface area contributed by atoms with Gasteiger partial charge in [0.25, 0.3) is 0 Å². The highest BCUT2D eigenvalue weighted by Crippen LogP contribution is 2.30. The van der Waals surface area contributed by atoms with E-state index in [9.17, 15) is 14.3 Å². The molecule has 0 spiro atoms. The lowest BCUT2D eigenvalue weighted by Gasteiger charge is -2.25. The number of rotatable bonds is 6. The number of halogens is 1. The van der Waals surface area contributed by atoms with Gasteiger partial charge >= 0.3 is 5.97 Å². The monoisotopic (exact) mass is 293 g/mol. The van der Waals surface area contributed by atoms with Crippen LogP contribution in [0.5, 0.6) is 5.75 Å². The van der Waals surface area contributed by atoms with Gasteiger partial charge in [0.2, 0.25) is 0 Å².